The topological polar surface area (TPSA) is 29.1 Å². The lowest BCUT2D eigenvalue weighted by Crippen LogP contribution is -2.33. The summed E-state index contributed by atoms with van der Waals surface area (Å²) >= 11 is 1.74. The molecule has 0 aliphatic rings. The number of hydrogen-bond acceptors (Lipinski definition) is 2. The third-order valence-electron chi connectivity index (χ3n) is 1.62. The highest BCUT2D eigenvalue weighted by molar-refractivity contribution is 7.98. The van der Waals surface area contributed by atoms with Crippen LogP contribution in [0, 0.1) is 12.3 Å². The number of hydrogen-bond donors (Lipinski definition) is 1. The fourth-order valence-corrected chi connectivity index (χ4v) is 1.40. The summed E-state index contributed by atoms with van der Waals surface area (Å²) in [5.41, 5.74) is 0. The van der Waals surface area contributed by atoms with Gasteiger partial charge in [0, 0.05) is 6.42 Å². The van der Waals surface area contributed by atoms with Crippen LogP contribution in [0.3, 0.4) is 0 Å². The van der Waals surface area contributed by atoms with Gasteiger partial charge in [-0.25, -0.2) is 0 Å². The van der Waals surface area contributed by atoms with Crippen LogP contribution in [0.4, 0.5) is 0 Å². The minimum absolute atomic E-state index is 0.0616. The first-order valence-corrected chi connectivity index (χ1v) is 5.88. The molecule has 0 fully saturated rings. The van der Waals surface area contributed by atoms with Crippen molar-refractivity contribution < 1.29 is 4.79 Å². The van der Waals surface area contributed by atoms with E-state index in [0.717, 1.165) is 18.6 Å². The molecule has 3 heteroatoms. The molecule has 0 saturated heterocycles. The zero-order valence-corrected chi connectivity index (χ0v) is 9.12. The Labute approximate surface area is 84.9 Å². The van der Waals surface area contributed by atoms with E-state index in [1.165, 1.54) is 0 Å². The monoisotopic (exact) mass is 199 g/mol. The standard InChI is InChI=1S/C10H17NOS/c1-4-6-10(12)11-9(5-2)7-8-13-3/h2,9H,4,6-8H2,1,3H3,(H,11,12). The van der Waals surface area contributed by atoms with E-state index in [9.17, 15) is 4.79 Å². The van der Waals surface area contributed by atoms with Crippen molar-refractivity contribution in [2.75, 3.05) is 12.0 Å². The van der Waals surface area contributed by atoms with Gasteiger partial charge in [0.1, 0.15) is 0 Å². The average Bonchev–Trinajstić information content (AvgIpc) is 2.12. The molecule has 13 heavy (non-hydrogen) atoms. The number of nitrogens with one attached hydrogen (secondary N) is 1. The van der Waals surface area contributed by atoms with Crippen LogP contribution in [0.15, 0.2) is 0 Å². The summed E-state index contributed by atoms with van der Waals surface area (Å²) < 4.78 is 0. The number of rotatable bonds is 6. The van der Waals surface area contributed by atoms with Gasteiger partial charge >= 0.3 is 0 Å². The molecule has 2 nitrogen and oxygen atoms in total. The minimum Gasteiger partial charge on any atom is -0.342 e. The van der Waals surface area contributed by atoms with Crippen molar-refractivity contribution in [3.05, 3.63) is 0 Å². The molecule has 0 bridgehead atoms. The van der Waals surface area contributed by atoms with Gasteiger partial charge in [0.2, 0.25) is 5.91 Å². The molecule has 0 aromatic carbocycles. The number of carbonyl (C=O) groups is 1. The third-order valence-corrected chi connectivity index (χ3v) is 2.27. The van der Waals surface area contributed by atoms with Gasteiger partial charge < -0.3 is 5.32 Å². The summed E-state index contributed by atoms with van der Waals surface area (Å²) in [5, 5.41) is 2.81. The van der Waals surface area contributed by atoms with E-state index >= 15 is 0 Å². The van der Waals surface area contributed by atoms with Gasteiger partial charge in [0.05, 0.1) is 6.04 Å². The van der Waals surface area contributed by atoms with E-state index in [0.29, 0.717) is 6.42 Å². The zero-order valence-electron chi connectivity index (χ0n) is 8.30. The van der Waals surface area contributed by atoms with Crippen LogP contribution in [0.1, 0.15) is 26.2 Å². The lowest BCUT2D eigenvalue weighted by Gasteiger charge is -2.11. The normalized spacial score (nSPS) is 11.8. The molecule has 0 radical (unpaired) electrons. The van der Waals surface area contributed by atoms with Crippen molar-refractivity contribution in [3.63, 3.8) is 0 Å². The van der Waals surface area contributed by atoms with E-state index in [2.05, 4.69) is 11.2 Å². The molecule has 0 saturated carbocycles. The van der Waals surface area contributed by atoms with Crippen molar-refractivity contribution in [2.45, 2.75) is 32.2 Å². The summed E-state index contributed by atoms with van der Waals surface area (Å²) in [6.45, 7) is 1.98. The maximum Gasteiger partial charge on any atom is 0.220 e. The highest BCUT2D eigenvalue weighted by Gasteiger charge is 2.07. The van der Waals surface area contributed by atoms with Crippen LogP contribution in [0.25, 0.3) is 0 Å². The highest BCUT2D eigenvalue weighted by Crippen LogP contribution is 2.00. The quantitative estimate of drug-likeness (QED) is 0.659. The first kappa shape index (κ1) is 12.4. The van der Waals surface area contributed by atoms with Crippen molar-refractivity contribution in [1.29, 1.82) is 0 Å². The predicted octanol–water partition coefficient (Wildman–Crippen LogP) is 1.66. The largest absolute Gasteiger partial charge is 0.342 e. The summed E-state index contributed by atoms with van der Waals surface area (Å²) in [5.74, 6) is 3.63. The third kappa shape index (κ3) is 6.53. The maximum atomic E-state index is 11.2. The lowest BCUT2D eigenvalue weighted by molar-refractivity contribution is -0.121. The van der Waals surface area contributed by atoms with Gasteiger partial charge in [-0.05, 0) is 24.9 Å². The fraction of sp³-hybridized carbons (Fsp3) is 0.700. The summed E-state index contributed by atoms with van der Waals surface area (Å²) in [7, 11) is 0. The molecule has 0 aliphatic carbocycles. The summed E-state index contributed by atoms with van der Waals surface area (Å²) in [6.07, 6.45) is 9.60. The average molecular weight is 199 g/mol. The minimum atomic E-state index is -0.0912. The van der Waals surface area contributed by atoms with Crippen LogP contribution in [-0.4, -0.2) is 24.0 Å². The van der Waals surface area contributed by atoms with Crippen LogP contribution >= 0.6 is 11.8 Å². The second-order valence-corrected chi connectivity index (χ2v) is 3.80. The SMILES string of the molecule is C#CC(CCSC)NC(=O)CCC. The van der Waals surface area contributed by atoms with Crippen LogP contribution in [-0.2, 0) is 4.79 Å². The van der Waals surface area contributed by atoms with Gasteiger partial charge in [-0.3, -0.25) is 4.79 Å². The number of terminal acetylenes is 1. The number of thioether (sulfide) groups is 1. The molecule has 1 atom stereocenters. The first-order valence-electron chi connectivity index (χ1n) is 4.49. The van der Waals surface area contributed by atoms with Crippen molar-refractivity contribution in [2.24, 2.45) is 0 Å². The van der Waals surface area contributed by atoms with Crippen LogP contribution in [0.2, 0.25) is 0 Å². The molecular weight excluding hydrogens is 182 g/mol. The van der Waals surface area contributed by atoms with Crippen LogP contribution in [0.5, 0.6) is 0 Å². The van der Waals surface area contributed by atoms with E-state index < -0.39 is 0 Å². The fourth-order valence-electron chi connectivity index (χ4n) is 0.926. The van der Waals surface area contributed by atoms with E-state index in [4.69, 9.17) is 6.42 Å². The first-order chi connectivity index (χ1) is 6.24. The van der Waals surface area contributed by atoms with E-state index in [1.54, 1.807) is 11.8 Å². The predicted molar refractivity (Wildman–Crippen MR) is 58.7 cm³/mol. The van der Waals surface area contributed by atoms with Gasteiger partial charge in [-0.1, -0.05) is 12.8 Å². The van der Waals surface area contributed by atoms with Crippen molar-refractivity contribution >= 4 is 17.7 Å². The molecule has 0 spiro atoms. The van der Waals surface area contributed by atoms with Crippen molar-refractivity contribution in [1.82, 2.24) is 5.32 Å². The highest BCUT2D eigenvalue weighted by atomic mass is 32.2. The second-order valence-electron chi connectivity index (χ2n) is 2.82. The Morgan fingerprint density at radius 3 is 2.85 bits per heavy atom. The summed E-state index contributed by atoms with van der Waals surface area (Å²) in [4.78, 5) is 11.2. The van der Waals surface area contributed by atoms with Gasteiger partial charge in [0.25, 0.3) is 0 Å². The van der Waals surface area contributed by atoms with Crippen LogP contribution < -0.4 is 5.32 Å². The van der Waals surface area contributed by atoms with Gasteiger partial charge in [-0.15, -0.1) is 6.42 Å². The zero-order chi connectivity index (χ0) is 10.1. The molecule has 1 N–H and O–H groups in total. The maximum absolute atomic E-state index is 11.2. The van der Waals surface area contributed by atoms with Gasteiger partial charge in [0.15, 0.2) is 0 Å². The Kier molecular flexibility index (Phi) is 7.62. The molecular formula is C10H17NOS. The number of amides is 1. The molecule has 0 rings (SSSR count). The lowest BCUT2D eigenvalue weighted by atomic mass is 10.2. The molecule has 1 unspecified atom stereocenters. The molecule has 0 aromatic rings. The second kappa shape index (κ2) is 8.00. The molecule has 1 amide bonds. The molecule has 0 aromatic heterocycles. The molecule has 74 valence electrons. The van der Waals surface area contributed by atoms with Crippen molar-refractivity contribution in [3.8, 4) is 12.3 Å². The Hall–Kier alpha value is -0.620. The Morgan fingerprint density at radius 1 is 1.69 bits per heavy atom. The summed E-state index contributed by atoms with van der Waals surface area (Å²) in [6, 6.07) is -0.0912. The Balaban J connectivity index is 3.71. The molecule has 0 heterocycles. The molecule has 0 aliphatic heterocycles. The van der Waals surface area contributed by atoms with E-state index in [-0.39, 0.29) is 11.9 Å². The Morgan fingerprint density at radius 2 is 2.38 bits per heavy atom. The Bertz CT molecular complexity index is 186. The smallest absolute Gasteiger partial charge is 0.220 e. The van der Waals surface area contributed by atoms with E-state index in [1.807, 2.05) is 13.2 Å². The van der Waals surface area contributed by atoms with Gasteiger partial charge in [-0.2, -0.15) is 11.8 Å². The number of carbonyl (C=O) groups excluding carboxylic acids is 1.